The van der Waals surface area contributed by atoms with E-state index in [1.54, 1.807) is 29.8 Å². The zero-order valence-electron chi connectivity index (χ0n) is 8.19. The molecular formula is C10H10N2O3. The SMILES string of the molecule is CCOC(=O)c1cc2[nH]c(=O)ccn2c1. The molecule has 0 radical (unpaired) electrons. The van der Waals surface area contributed by atoms with E-state index in [-0.39, 0.29) is 11.5 Å². The van der Waals surface area contributed by atoms with Gasteiger partial charge >= 0.3 is 5.97 Å². The number of hydrogen-bond donors (Lipinski definition) is 1. The van der Waals surface area contributed by atoms with Crippen LogP contribution in [0.1, 0.15) is 17.3 Å². The Kier molecular flexibility index (Phi) is 2.29. The van der Waals surface area contributed by atoms with Crippen LogP contribution < -0.4 is 5.56 Å². The Balaban J connectivity index is 2.47. The van der Waals surface area contributed by atoms with E-state index in [4.69, 9.17) is 4.74 Å². The molecule has 5 nitrogen and oxygen atoms in total. The lowest BCUT2D eigenvalue weighted by Gasteiger charge is -1.96. The molecule has 0 unspecified atom stereocenters. The van der Waals surface area contributed by atoms with Crippen LogP contribution in [0, 0.1) is 0 Å². The van der Waals surface area contributed by atoms with Crippen molar-refractivity contribution in [2.24, 2.45) is 0 Å². The van der Waals surface area contributed by atoms with Gasteiger partial charge in [-0.05, 0) is 13.0 Å². The van der Waals surface area contributed by atoms with Gasteiger partial charge < -0.3 is 14.1 Å². The molecule has 0 aliphatic rings. The van der Waals surface area contributed by atoms with Gasteiger partial charge in [-0.15, -0.1) is 0 Å². The predicted molar refractivity (Wildman–Crippen MR) is 54.0 cm³/mol. The van der Waals surface area contributed by atoms with Crippen molar-refractivity contribution < 1.29 is 9.53 Å². The molecule has 0 spiro atoms. The number of nitrogens with one attached hydrogen (secondary N) is 1. The molecule has 1 N–H and O–H groups in total. The van der Waals surface area contributed by atoms with Crippen LogP contribution in [0.3, 0.4) is 0 Å². The highest BCUT2D eigenvalue weighted by Crippen LogP contribution is 2.07. The second kappa shape index (κ2) is 3.61. The topological polar surface area (TPSA) is 63.6 Å². The van der Waals surface area contributed by atoms with Gasteiger partial charge in [-0.2, -0.15) is 0 Å². The third-order valence-electron chi connectivity index (χ3n) is 2.00. The molecule has 0 saturated carbocycles. The number of fused-ring (bicyclic) bond motifs is 1. The Hall–Kier alpha value is -2.04. The molecule has 0 aliphatic carbocycles. The van der Waals surface area contributed by atoms with Crippen LogP contribution in [0.25, 0.3) is 5.65 Å². The number of hydrogen-bond acceptors (Lipinski definition) is 3. The van der Waals surface area contributed by atoms with Gasteiger partial charge in [0.25, 0.3) is 5.56 Å². The summed E-state index contributed by atoms with van der Waals surface area (Å²) < 4.78 is 6.50. The Labute approximate surface area is 85.3 Å². The first-order chi connectivity index (χ1) is 7.20. The van der Waals surface area contributed by atoms with Gasteiger partial charge in [-0.3, -0.25) is 4.79 Å². The lowest BCUT2D eigenvalue weighted by atomic mass is 10.3. The summed E-state index contributed by atoms with van der Waals surface area (Å²) in [5.41, 5.74) is 0.806. The lowest BCUT2D eigenvalue weighted by Crippen LogP contribution is -2.04. The molecule has 0 atom stereocenters. The molecule has 0 aromatic carbocycles. The summed E-state index contributed by atoms with van der Waals surface area (Å²) in [6, 6.07) is 2.97. The highest BCUT2D eigenvalue weighted by atomic mass is 16.5. The summed E-state index contributed by atoms with van der Waals surface area (Å²) in [7, 11) is 0. The highest BCUT2D eigenvalue weighted by molar-refractivity contribution is 5.90. The number of aromatic nitrogens is 2. The maximum atomic E-state index is 11.4. The monoisotopic (exact) mass is 206 g/mol. The fourth-order valence-electron chi connectivity index (χ4n) is 1.34. The van der Waals surface area contributed by atoms with Crippen molar-refractivity contribution in [2.45, 2.75) is 6.92 Å². The van der Waals surface area contributed by atoms with Crippen LogP contribution in [0.15, 0.2) is 29.3 Å². The minimum atomic E-state index is -0.387. The number of esters is 1. The second-order valence-electron chi connectivity index (χ2n) is 3.05. The van der Waals surface area contributed by atoms with Crippen molar-refractivity contribution in [3.63, 3.8) is 0 Å². The quantitative estimate of drug-likeness (QED) is 0.739. The van der Waals surface area contributed by atoms with Crippen molar-refractivity contribution in [2.75, 3.05) is 6.61 Å². The Bertz CT molecular complexity index is 553. The number of rotatable bonds is 2. The molecule has 2 aromatic rings. The second-order valence-corrected chi connectivity index (χ2v) is 3.05. The van der Waals surface area contributed by atoms with Gasteiger partial charge in [-0.1, -0.05) is 0 Å². The molecule has 2 aromatic heterocycles. The molecule has 0 amide bonds. The van der Waals surface area contributed by atoms with Crippen LogP contribution >= 0.6 is 0 Å². The van der Waals surface area contributed by atoms with Gasteiger partial charge in [0.1, 0.15) is 5.65 Å². The van der Waals surface area contributed by atoms with E-state index in [1.807, 2.05) is 0 Å². The van der Waals surface area contributed by atoms with Crippen LogP contribution in [0.5, 0.6) is 0 Å². The third kappa shape index (κ3) is 1.76. The number of carbonyl (C=O) groups is 1. The van der Waals surface area contributed by atoms with Gasteiger partial charge in [-0.25, -0.2) is 4.79 Å². The normalized spacial score (nSPS) is 10.5. The van der Waals surface area contributed by atoms with Crippen molar-refractivity contribution in [1.82, 2.24) is 9.38 Å². The number of H-pyrrole nitrogens is 1. The lowest BCUT2D eigenvalue weighted by molar-refractivity contribution is 0.0526. The number of nitrogens with zero attached hydrogens (tertiary/aromatic N) is 1. The highest BCUT2D eigenvalue weighted by Gasteiger charge is 2.09. The number of carbonyl (C=O) groups excluding carboxylic acids is 1. The van der Waals surface area contributed by atoms with Gasteiger partial charge in [0, 0.05) is 18.5 Å². The first-order valence-corrected chi connectivity index (χ1v) is 4.59. The largest absolute Gasteiger partial charge is 0.462 e. The van der Waals surface area contributed by atoms with E-state index in [9.17, 15) is 9.59 Å². The standard InChI is InChI=1S/C10H10N2O3/c1-2-15-10(14)7-5-8-11-9(13)3-4-12(8)6-7/h3-6H,2H2,1H3,(H,11,13). The predicted octanol–water partition coefficient (Wildman–Crippen LogP) is 0.804. The van der Waals surface area contributed by atoms with Gasteiger partial charge in [0.15, 0.2) is 0 Å². The van der Waals surface area contributed by atoms with E-state index < -0.39 is 0 Å². The molecule has 15 heavy (non-hydrogen) atoms. The minimum absolute atomic E-state index is 0.198. The molecular weight excluding hydrogens is 196 g/mol. The number of aromatic amines is 1. The maximum Gasteiger partial charge on any atom is 0.339 e. The molecule has 0 fully saturated rings. The summed E-state index contributed by atoms with van der Waals surface area (Å²) in [4.78, 5) is 25.0. The maximum absolute atomic E-state index is 11.4. The Morgan fingerprint density at radius 2 is 2.40 bits per heavy atom. The van der Waals surface area contributed by atoms with Crippen LogP contribution in [-0.4, -0.2) is 22.0 Å². The smallest absolute Gasteiger partial charge is 0.339 e. The van der Waals surface area contributed by atoms with Crippen molar-refractivity contribution in [1.29, 1.82) is 0 Å². The minimum Gasteiger partial charge on any atom is -0.462 e. The average molecular weight is 206 g/mol. The molecule has 0 aliphatic heterocycles. The summed E-state index contributed by atoms with van der Waals surface area (Å²) in [5.74, 6) is -0.387. The van der Waals surface area contributed by atoms with E-state index in [2.05, 4.69) is 4.98 Å². The van der Waals surface area contributed by atoms with Crippen molar-refractivity contribution in [3.8, 4) is 0 Å². The van der Waals surface area contributed by atoms with E-state index in [0.29, 0.717) is 17.8 Å². The Morgan fingerprint density at radius 3 is 3.13 bits per heavy atom. The van der Waals surface area contributed by atoms with Crippen LogP contribution in [0.4, 0.5) is 0 Å². The molecule has 78 valence electrons. The molecule has 2 heterocycles. The van der Waals surface area contributed by atoms with Crippen LogP contribution in [-0.2, 0) is 4.74 Å². The summed E-state index contributed by atoms with van der Waals surface area (Å²) >= 11 is 0. The zero-order valence-corrected chi connectivity index (χ0v) is 8.19. The third-order valence-corrected chi connectivity index (χ3v) is 2.00. The summed E-state index contributed by atoms with van der Waals surface area (Å²) in [5, 5.41) is 0. The van der Waals surface area contributed by atoms with E-state index in [1.165, 1.54) is 6.07 Å². The Morgan fingerprint density at radius 1 is 1.60 bits per heavy atom. The molecule has 5 heteroatoms. The number of ether oxygens (including phenoxy) is 1. The molecule has 2 rings (SSSR count). The summed E-state index contributed by atoms with van der Waals surface area (Å²) in [6.07, 6.45) is 3.21. The fourth-order valence-corrected chi connectivity index (χ4v) is 1.34. The van der Waals surface area contributed by atoms with Crippen molar-refractivity contribution in [3.05, 3.63) is 40.4 Å². The first kappa shape index (κ1) is 9.51. The van der Waals surface area contributed by atoms with Crippen molar-refractivity contribution >= 4 is 11.6 Å². The molecule has 0 bridgehead atoms. The van der Waals surface area contributed by atoms with Crippen LogP contribution in [0.2, 0.25) is 0 Å². The molecule has 0 saturated heterocycles. The van der Waals surface area contributed by atoms with E-state index >= 15 is 0 Å². The van der Waals surface area contributed by atoms with Gasteiger partial charge in [0.2, 0.25) is 0 Å². The average Bonchev–Trinajstić information content (AvgIpc) is 2.60. The zero-order chi connectivity index (χ0) is 10.8. The first-order valence-electron chi connectivity index (χ1n) is 4.59. The van der Waals surface area contributed by atoms with Gasteiger partial charge in [0.05, 0.1) is 12.2 Å². The summed E-state index contributed by atoms with van der Waals surface area (Å²) in [6.45, 7) is 2.08. The van der Waals surface area contributed by atoms with E-state index in [0.717, 1.165) is 0 Å². The fraction of sp³-hybridized carbons (Fsp3) is 0.200.